The van der Waals surface area contributed by atoms with E-state index >= 15 is 0 Å². The first kappa shape index (κ1) is 13.6. The molecule has 1 rings (SSSR count). The SMILES string of the molecule is CCCOc1ccc(OCC(=O)C(C)C)cc1. The fourth-order valence-electron chi connectivity index (χ4n) is 1.17. The van der Waals surface area contributed by atoms with Crippen molar-refractivity contribution in [1.82, 2.24) is 0 Å². The van der Waals surface area contributed by atoms with Crippen molar-refractivity contribution in [2.45, 2.75) is 27.2 Å². The maximum Gasteiger partial charge on any atom is 0.172 e. The Hall–Kier alpha value is -1.51. The highest BCUT2D eigenvalue weighted by molar-refractivity contribution is 5.81. The van der Waals surface area contributed by atoms with Gasteiger partial charge in [0.1, 0.15) is 18.1 Å². The number of carbonyl (C=O) groups excluding carboxylic acids is 1. The second-order valence-corrected chi connectivity index (χ2v) is 4.23. The molecule has 0 amide bonds. The van der Waals surface area contributed by atoms with Gasteiger partial charge in [-0.15, -0.1) is 0 Å². The highest BCUT2D eigenvalue weighted by Crippen LogP contribution is 2.17. The second-order valence-electron chi connectivity index (χ2n) is 4.23. The van der Waals surface area contributed by atoms with Crippen LogP contribution in [-0.4, -0.2) is 19.0 Å². The lowest BCUT2D eigenvalue weighted by atomic mass is 10.1. The Bertz CT molecular complexity index is 341. The molecule has 0 spiro atoms. The predicted octanol–water partition coefficient (Wildman–Crippen LogP) is 3.08. The molecule has 0 atom stereocenters. The van der Waals surface area contributed by atoms with Gasteiger partial charge in [0.25, 0.3) is 0 Å². The van der Waals surface area contributed by atoms with Crippen molar-refractivity contribution in [2.75, 3.05) is 13.2 Å². The number of ether oxygens (including phenoxy) is 2. The van der Waals surface area contributed by atoms with Crippen LogP contribution in [0.1, 0.15) is 27.2 Å². The first-order chi connectivity index (χ1) is 8.13. The quantitative estimate of drug-likeness (QED) is 0.729. The van der Waals surface area contributed by atoms with E-state index in [0.29, 0.717) is 12.4 Å². The highest BCUT2D eigenvalue weighted by Gasteiger charge is 2.07. The minimum absolute atomic E-state index is 0.0159. The normalized spacial score (nSPS) is 10.4. The van der Waals surface area contributed by atoms with Crippen LogP contribution < -0.4 is 9.47 Å². The lowest BCUT2D eigenvalue weighted by Gasteiger charge is -2.08. The molecule has 0 aliphatic carbocycles. The first-order valence-corrected chi connectivity index (χ1v) is 6.02. The van der Waals surface area contributed by atoms with E-state index < -0.39 is 0 Å². The number of carbonyl (C=O) groups is 1. The molecular formula is C14H20O3. The standard InChI is InChI=1S/C14H20O3/c1-4-9-16-12-5-7-13(8-6-12)17-10-14(15)11(2)3/h5-8,11H,4,9-10H2,1-3H3. The summed E-state index contributed by atoms with van der Waals surface area (Å²) in [6, 6.07) is 7.34. The number of Topliss-reactive ketones (excluding diaryl/α,β-unsaturated/α-hetero) is 1. The number of benzene rings is 1. The van der Waals surface area contributed by atoms with Crippen LogP contribution in [0, 0.1) is 5.92 Å². The molecule has 94 valence electrons. The molecule has 0 heterocycles. The van der Waals surface area contributed by atoms with Gasteiger partial charge in [0, 0.05) is 5.92 Å². The van der Waals surface area contributed by atoms with E-state index in [0.717, 1.165) is 12.2 Å². The van der Waals surface area contributed by atoms with Gasteiger partial charge in [0.2, 0.25) is 0 Å². The maximum absolute atomic E-state index is 11.4. The van der Waals surface area contributed by atoms with Gasteiger partial charge < -0.3 is 9.47 Å². The van der Waals surface area contributed by atoms with E-state index in [2.05, 4.69) is 6.92 Å². The summed E-state index contributed by atoms with van der Waals surface area (Å²) in [5.41, 5.74) is 0. The average Bonchev–Trinajstić information content (AvgIpc) is 2.34. The van der Waals surface area contributed by atoms with Crippen LogP contribution in [0.15, 0.2) is 24.3 Å². The molecule has 0 unspecified atom stereocenters. The predicted molar refractivity (Wildman–Crippen MR) is 67.6 cm³/mol. The zero-order valence-corrected chi connectivity index (χ0v) is 10.7. The van der Waals surface area contributed by atoms with Gasteiger partial charge in [-0.2, -0.15) is 0 Å². The van der Waals surface area contributed by atoms with Crippen molar-refractivity contribution in [3.63, 3.8) is 0 Å². The summed E-state index contributed by atoms with van der Waals surface area (Å²) >= 11 is 0. The van der Waals surface area contributed by atoms with Crippen molar-refractivity contribution in [3.05, 3.63) is 24.3 Å². The number of hydrogen-bond acceptors (Lipinski definition) is 3. The molecule has 1 aromatic rings. The molecule has 0 bridgehead atoms. The molecule has 17 heavy (non-hydrogen) atoms. The van der Waals surface area contributed by atoms with Crippen molar-refractivity contribution < 1.29 is 14.3 Å². The van der Waals surface area contributed by atoms with Gasteiger partial charge in [-0.3, -0.25) is 4.79 Å². The first-order valence-electron chi connectivity index (χ1n) is 6.02. The van der Waals surface area contributed by atoms with Crippen molar-refractivity contribution in [2.24, 2.45) is 5.92 Å². The molecule has 0 fully saturated rings. The molecule has 0 aliphatic rings. The Balaban J connectivity index is 2.42. The fraction of sp³-hybridized carbons (Fsp3) is 0.500. The van der Waals surface area contributed by atoms with Gasteiger partial charge in [-0.25, -0.2) is 0 Å². The molecule has 0 aromatic heterocycles. The number of ketones is 1. The molecule has 0 N–H and O–H groups in total. The van der Waals surface area contributed by atoms with Crippen molar-refractivity contribution >= 4 is 5.78 Å². The zero-order chi connectivity index (χ0) is 12.7. The molecule has 3 heteroatoms. The third-order valence-corrected chi connectivity index (χ3v) is 2.32. The lowest BCUT2D eigenvalue weighted by Crippen LogP contribution is -2.16. The fourth-order valence-corrected chi connectivity index (χ4v) is 1.17. The summed E-state index contributed by atoms with van der Waals surface area (Å²) in [5.74, 6) is 1.65. The monoisotopic (exact) mass is 236 g/mol. The largest absolute Gasteiger partial charge is 0.494 e. The Morgan fingerprint density at radius 3 is 2.12 bits per heavy atom. The molecular weight excluding hydrogens is 216 g/mol. The van der Waals surface area contributed by atoms with E-state index in [9.17, 15) is 4.79 Å². The van der Waals surface area contributed by atoms with E-state index in [1.54, 1.807) is 0 Å². The lowest BCUT2D eigenvalue weighted by molar-refractivity contribution is -0.123. The second kappa shape index (κ2) is 6.94. The van der Waals surface area contributed by atoms with E-state index in [-0.39, 0.29) is 18.3 Å². The minimum Gasteiger partial charge on any atom is -0.494 e. The van der Waals surface area contributed by atoms with Crippen LogP contribution in [-0.2, 0) is 4.79 Å². The molecule has 0 saturated heterocycles. The van der Waals surface area contributed by atoms with Crippen LogP contribution in [0.25, 0.3) is 0 Å². The number of hydrogen-bond donors (Lipinski definition) is 0. The molecule has 1 aromatic carbocycles. The average molecular weight is 236 g/mol. The van der Waals surface area contributed by atoms with Crippen LogP contribution in [0.4, 0.5) is 0 Å². The Morgan fingerprint density at radius 1 is 1.12 bits per heavy atom. The van der Waals surface area contributed by atoms with Gasteiger partial charge in [-0.1, -0.05) is 20.8 Å². The minimum atomic E-state index is 0.0159. The van der Waals surface area contributed by atoms with Gasteiger partial charge in [-0.05, 0) is 30.7 Å². The molecule has 0 saturated carbocycles. The summed E-state index contributed by atoms with van der Waals surface area (Å²) < 4.78 is 10.8. The van der Waals surface area contributed by atoms with Gasteiger partial charge in [0.15, 0.2) is 5.78 Å². The Morgan fingerprint density at radius 2 is 1.65 bits per heavy atom. The van der Waals surface area contributed by atoms with Gasteiger partial charge >= 0.3 is 0 Å². The maximum atomic E-state index is 11.4. The molecule has 0 radical (unpaired) electrons. The highest BCUT2D eigenvalue weighted by atomic mass is 16.5. The van der Waals surface area contributed by atoms with Crippen molar-refractivity contribution in [3.8, 4) is 11.5 Å². The molecule has 0 aliphatic heterocycles. The summed E-state index contributed by atoms with van der Waals surface area (Å²) in [6.45, 7) is 6.65. The van der Waals surface area contributed by atoms with E-state index in [4.69, 9.17) is 9.47 Å². The smallest absolute Gasteiger partial charge is 0.172 e. The Kier molecular flexibility index (Phi) is 5.53. The van der Waals surface area contributed by atoms with Crippen LogP contribution in [0.3, 0.4) is 0 Å². The third kappa shape index (κ3) is 4.89. The summed E-state index contributed by atoms with van der Waals surface area (Å²) in [5, 5.41) is 0. The van der Waals surface area contributed by atoms with Crippen LogP contribution in [0.5, 0.6) is 11.5 Å². The summed E-state index contributed by atoms with van der Waals surface area (Å²) in [6.07, 6.45) is 0.987. The van der Waals surface area contributed by atoms with Gasteiger partial charge in [0.05, 0.1) is 6.61 Å². The third-order valence-electron chi connectivity index (χ3n) is 2.32. The Labute approximate surface area is 103 Å². The number of rotatable bonds is 7. The van der Waals surface area contributed by atoms with E-state index in [1.807, 2.05) is 38.1 Å². The van der Waals surface area contributed by atoms with Crippen molar-refractivity contribution in [1.29, 1.82) is 0 Å². The zero-order valence-electron chi connectivity index (χ0n) is 10.7. The topological polar surface area (TPSA) is 35.5 Å². The van der Waals surface area contributed by atoms with Crippen LogP contribution in [0.2, 0.25) is 0 Å². The van der Waals surface area contributed by atoms with E-state index in [1.165, 1.54) is 0 Å². The van der Waals surface area contributed by atoms with Crippen LogP contribution >= 0.6 is 0 Å². The summed E-state index contributed by atoms with van der Waals surface area (Å²) in [7, 11) is 0. The molecule has 3 nitrogen and oxygen atoms in total. The summed E-state index contributed by atoms with van der Waals surface area (Å²) in [4.78, 5) is 11.4.